The van der Waals surface area contributed by atoms with E-state index in [-0.39, 0.29) is 0 Å². The average molecular weight is 222 g/mol. The van der Waals surface area contributed by atoms with Crippen LogP contribution in [0.4, 0.5) is 0 Å². The Morgan fingerprint density at radius 1 is 1.06 bits per heavy atom. The molecule has 3 aliphatic rings. The second kappa shape index (κ2) is 4.30. The van der Waals surface area contributed by atoms with Gasteiger partial charge in [0.15, 0.2) is 0 Å². The van der Waals surface area contributed by atoms with Gasteiger partial charge in [0.1, 0.15) is 0 Å². The molecule has 92 valence electrons. The highest BCUT2D eigenvalue weighted by molar-refractivity contribution is 5.09. The van der Waals surface area contributed by atoms with Crippen LogP contribution in [0.5, 0.6) is 0 Å². The van der Waals surface area contributed by atoms with Gasteiger partial charge in [-0.3, -0.25) is 4.90 Å². The van der Waals surface area contributed by atoms with Gasteiger partial charge in [0.2, 0.25) is 0 Å². The number of hydrogen-bond acceptors (Lipinski definition) is 2. The van der Waals surface area contributed by atoms with Gasteiger partial charge in [-0.1, -0.05) is 12.8 Å². The summed E-state index contributed by atoms with van der Waals surface area (Å²) in [6.07, 6.45) is 11.6. The zero-order valence-electron chi connectivity index (χ0n) is 10.7. The van der Waals surface area contributed by atoms with Crippen molar-refractivity contribution in [2.75, 3.05) is 20.1 Å². The zero-order valence-corrected chi connectivity index (χ0v) is 10.7. The maximum absolute atomic E-state index is 3.68. The van der Waals surface area contributed by atoms with E-state index < -0.39 is 0 Å². The molecule has 0 bridgehead atoms. The van der Waals surface area contributed by atoms with Crippen LogP contribution in [0.15, 0.2) is 0 Å². The Kier molecular flexibility index (Phi) is 2.97. The first kappa shape index (κ1) is 11.0. The lowest BCUT2D eigenvalue weighted by molar-refractivity contribution is 0.0708. The quantitative estimate of drug-likeness (QED) is 0.786. The summed E-state index contributed by atoms with van der Waals surface area (Å²) in [6.45, 7) is 2.73. The first-order chi connectivity index (χ1) is 7.87. The SMILES string of the molecule is CNC(C1CC1)C1(N2CCCC2)CCCC1. The molecule has 1 saturated heterocycles. The van der Waals surface area contributed by atoms with Gasteiger partial charge in [0.05, 0.1) is 0 Å². The van der Waals surface area contributed by atoms with Crippen molar-refractivity contribution in [2.45, 2.75) is 62.9 Å². The Bertz CT molecular complexity index is 235. The molecular formula is C14H26N2. The standard InChI is InChI=1S/C14H26N2/c1-15-13(12-6-7-12)14(8-2-3-9-14)16-10-4-5-11-16/h12-13,15H,2-11H2,1H3. The summed E-state index contributed by atoms with van der Waals surface area (Å²) in [5.41, 5.74) is 0.548. The van der Waals surface area contributed by atoms with Crippen LogP contribution in [0, 0.1) is 5.92 Å². The number of nitrogens with zero attached hydrogens (tertiary/aromatic N) is 1. The zero-order chi connectivity index (χ0) is 11.0. The minimum atomic E-state index is 0.548. The number of likely N-dealkylation sites (N-methyl/N-ethyl adjacent to an activating group) is 1. The Hall–Kier alpha value is -0.0800. The van der Waals surface area contributed by atoms with Crippen LogP contribution in [0.25, 0.3) is 0 Å². The summed E-state index contributed by atoms with van der Waals surface area (Å²) in [5.74, 6) is 0.990. The maximum Gasteiger partial charge on any atom is 0.0365 e. The highest BCUT2D eigenvalue weighted by Gasteiger charge is 2.50. The van der Waals surface area contributed by atoms with Crippen LogP contribution in [0.2, 0.25) is 0 Å². The van der Waals surface area contributed by atoms with Gasteiger partial charge in [-0.15, -0.1) is 0 Å². The van der Waals surface area contributed by atoms with E-state index in [1.807, 2.05) is 0 Å². The molecule has 0 aromatic rings. The van der Waals surface area contributed by atoms with Gasteiger partial charge in [-0.25, -0.2) is 0 Å². The van der Waals surface area contributed by atoms with E-state index in [0.29, 0.717) is 5.54 Å². The molecule has 0 aromatic carbocycles. The molecule has 1 aliphatic heterocycles. The summed E-state index contributed by atoms with van der Waals surface area (Å²) in [5, 5.41) is 3.68. The first-order valence-electron chi connectivity index (χ1n) is 7.29. The van der Waals surface area contributed by atoms with Crippen LogP contribution in [0.3, 0.4) is 0 Å². The van der Waals surface area contributed by atoms with Crippen LogP contribution in [-0.2, 0) is 0 Å². The van der Waals surface area contributed by atoms with Crippen molar-refractivity contribution in [3.63, 3.8) is 0 Å². The predicted molar refractivity (Wildman–Crippen MR) is 67.6 cm³/mol. The van der Waals surface area contributed by atoms with Crippen LogP contribution >= 0.6 is 0 Å². The molecule has 2 aliphatic carbocycles. The van der Waals surface area contributed by atoms with Gasteiger partial charge >= 0.3 is 0 Å². The second-order valence-corrected chi connectivity index (χ2v) is 6.11. The predicted octanol–water partition coefficient (Wildman–Crippen LogP) is 2.39. The van der Waals surface area contributed by atoms with Crippen LogP contribution in [0.1, 0.15) is 51.4 Å². The smallest absolute Gasteiger partial charge is 0.0365 e. The highest BCUT2D eigenvalue weighted by atomic mass is 15.2. The normalized spacial score (nSPS) is 32.1. The number of rotatable bonds is 4. The summed E-state index contributed by atoms with van der Waals surface area (Å²) in [4.78, 5) is 2.85. The Morgan fingerprint density at radius 3 is 2.19 bits per heavy atom. The Balaban J connectivity index is 1.82. The van der Waals surface area contributed by atoms with Gasteiger partial charge in [0, 0.05) is 11.6 Å². The van der Waals surface area contributed by atoms with E-state index in [2.05, 4.69) is 17.3 Å². The summed E-state index contributed by atoms with van der Waals surface area (Å²) >= 11 is 0. The second-order valence-electron chi connectivity index (χ2n) is 6.11. The molecule has 1 atom stereocenters. The minimum absolute atomic E-state index is 0.548. The van der Waals surface area contributed by atoms with Crippen molar-refractivity contribution in [3.8, 4) is 0 Å². The molecule has 2 heteroatoms. The van der Waals surface area contributed by atoms with Crippen LogP contribution in [-0.4, -0.2) is 36.6 Å². The number of likely N-dealkylation sites (tertiary alicyclic amines) is 1. The third-order valence-electron chi connectivity index (χ3n) is 5.19. The van der Waals surface area contributed by atoms with E-state index in [9.17, 15) is 0 Å². The molecule has 0 radical (unpaired) electrons. The molecule has 1 unspecified atom stereocenters. The first-order valence-corrected chi connectivity index (χ1v) is 7.29. The van der Waals surface area contributed by atoms with E-state index in [1.54, 1.807) is 0 Å². The fourth-order valence-electron chi connectivity index (χ4n) is 4.35. The van der Waals surface area contributed by atoms with E-state index in [1.165, 1.54) is 64.5 Å². The molecule has 1 heterocycles. The lowest BCUT2D eigenvalue weighted by Gasteiger charge is -2.45. The van der Waals surface area contributed by atoms with Gasteiger partial charge < -0.3 is 5.32 Å². The Morgan fingerprint density at radius 2 is 1.69 bits per heavy atom. The number of nitrogens with one attached hydrogen (secondary N) is 1. The lowest BCUT2D eigenvalue weighted by Crippen LogP contribution is -2.59. The number of hydrogen-bond donors (Lipinski definition) is 1. The topological polar surface area (TPSA) is 15.3 Å². The minimum Gasteiger partial charge on any atom is -0.315 e. The van der Waals surface area contributed by atoms with Crippen molar-refractivity contribution in [1.82, 2.24) is 10.2 Å². The Labute approximate surface area is 99.8 Å². The van der Waals surface area contributed by atoms with Crippen molar-refractivity contribution >= 4 is 0 Å². The monoisotopic (exact) mass is 222 g/mol. The highest BCUT2D eigenvalue weighted by Crippen LogP contribution is 2.47. The van der Waals surface area contributed by atoms with E-state index in [4.69, 9.17) is 0 Å². The van der Waals surface area contributed by atoms with Crippen molar-refractivity contribution < 1.29 is 0 Å². The summed E-state index contributed by atoms with van der Waals surface area (Å²) in [7, 11) is 2.19. The maximum atomic E-state index is 3.68. The largest absolute Gasteiger partial charge is 0.315 e. The molecule has 2 nitrogen and oxygen atoms in total. The summed E-state index contributed by atoms with van der Waals surface area (Å²) in [6, 6.07) is 0.785. The molecule has 0 aromatic heterocycles. The van der Waals surface area contributed by atoms with Crippen molar-refractivity contribution in [3.05, 3.63) is 0 Å². The molecule has 0 amide bonds. The molecule has 1 N–H and O–H groups in total. The third-order valence-corrected chi connectivity index (χ3v) is 5.19. The fourth-order valence-corrected chi connectivity index (χ4v) is 4.35. The van der Waals surface area contributed by atoms with Gasteiger partial charge in [-0.2, -0.15) is 0 Å². The van der Waals surface area contributed by atoms with E-state index in [0.717, 1.165) is 12.0 Å². The van der Waals surface area contributed by atoms with Crippen LogP contribution < -0.4 is 5.32 Å². The third kappa shape index (κ3) is 1.70. The molecule has 2 saturated carbocycles. The van der Waals surface area contributed by atoms with Gasteiger partial charge in [-0.05, 0) is 64.6 Å². The van der Waals surface area contributed by atoms with E-state index >= 15 is 0 Å². The molecule has 3 fully saturated rings. The van der Waals surface area contributed by atoms with Gasteiger partial charge in [0.25, 0.3) is 0 Å². The molecule has 0 spiro atoms. The average Bonchev–Trinajstić information content (AvgIpc) is 2.85. The molecular weight excluding hydrogens is 196 g/mol. The lowest BCUT2D eigenvalue weighted by atomic mass is 9.83. The van der Waals surface area contributed by atoms with Crippen molar-refractivity contribution in [1.29, 1.82) is 0 Å². The molecule has 3 rings (SSSR count). The molecule has 16 heavy (non-hydrogen) atoms. The fraction of sp³-hybridized carbons (Fsp3) is 1.00. The van der Waals surface area contributed by atoms with Crippen molar-refractivity contribution in [2.24, 2.45) is 5.92 Å². The summed E-state index contributed by atoms with van der Waals surface area (Å²) < 4.78 is 0.